The Morgan fingerprint density at radius 2 is 1.77 bits per heavy atom. The molecule has 4 nitrogen and oxygen atoms in total. The molecule has 2 rings (SSSR count). The van der Waals surface area contributed by atoms with Crippen molar-refractivity contribution in [2.45, 2.75) is 31.7 Å². The molecule has 1 unspecified atom stereocenters. The number of hydrogen-bond donors (Lipinski definition) is 1. The summed E-state index contributed by atoms with van der Waals surface area (Å²) in [4.78, 5) is 0.314. The smallest absolute Gasteiger partial charge is 0.241 e. The van der Waals surface area contributed by atoms with Gasteiger partial charge in [0.1, 0.15) is 5.75 Å². The predicted octanol–water partition coefficient (Wildman–Crippen LogP) is 3.35. The van der Waals surface area contributed by atoms with Crippen LogP contribution in [0.5, 0.6) is 5.75 Å². The van der Waals surface area contributed by atoms with Gasteiger partial charge >= 0.3 is 0 Å². The van der Waals surface area contributed by atoms with E-state index in [0.29, 0.717) is 10.6 Å². The number of sulfonamides is 1. The SMILES string of the molecule is COc1ccccc1C(C)NS(=O)(=O)c1cc(C)ccc1C. The first-order valence-corrected chi connectivity index (χ1v) is 8.56. The highest BCUT2D eigenvalue weighted by Gasteiger charge is 2.22. The number of aryl methyl sites for hydroxylation is 2. The van der Waals surface area contributed by atoms with Crippen molar-refractivity contribution in [3.05, 3.63) is 59.2 Å². The fraction of sp³-hybridized carbons (Fsp3) is 0.294. The second-order valence-electron chi connectivity index (χ2n) is 5.35. The maximum Gasteiger partial charge on any atom is 0.241 e. The zero-order valence-corrected chi connectivity index (χ0v) is 14.1. The Morgan fingerprint density at radius 3 is 2.45 bits per heavy atom. The van der Waals surface area contributed by atoms with Gasteiger partial charge in [-0.3, -0.25) is 0 Å². The van der Waals surface area contributed by atoms with E-state index in [1.165, 1.54) is 0 Å². The summed E-state index contributed by atoms with van der Waals surface area (Å²) in [5.41, 5.74) is 2.44. The van der Waals surface area contributed by atoms with Crippen molar-refractivity contribution in [2.24, 2.45) is 0 Å². The van der Waals surface area contributed by atoms with E-state index >= 15 is 0 Å². The first kappa shape index (κ1) is 16.5. The van der Waals surface area contributed by atoms with Gasteiger partial charge in [0.15, 0.2) is 0 Å². The Bertz CT molecular complexity index is 769. The summed E-state index contributed by atoms with van der Waals surface area (Å²) < 4.78 is 33.3. The number of hydrogen-bond acceptors (Lipinski definition) is 3. The summed E-state index contributed by atoms with van der Waals surface area (Å²) in [6.07, 6.45) is 0. The van der Waals surface area contributed by atoms with Gasteiger partial charge in [-0.05, 0) is 44.0 Å². The van der Waals surface area contributed by atoms with E-state index in [0.717, 1.165) is 16.7 Å². The van der Waals surface area contributed by atoms with Crippen LogP contribution in [0.15, 0.2) is 47.4 Å². The zero-order valence-electron chi connectivity index (χ0n) is 13.3. The quantitative estimate of drug-likeness (QED) is 0.919. The molecule has 0 saturated heterocycles. The average molecular weight is 319 g/mol. The molecule has 0 aliphatic carbocycles. The van der Waals surface area contributed by atoms with Gasteiger partial charge < -0.3 is 4.74 Å². The number of benzene rings is 2. The fourth-order valence-electron chi connectivity index (χ4n) is 2.38. The molecule has 0 aliphatic heterocycles. The number of rotatable bonds is 5. The Kier molecular flexibility index (Phi) is 4.88. The lowest BCUT2D eigenvalue weighted by molar-refractivity contribution is 0.405. The van der Waals surface area contributed by atoms with E-state index in [1.54, 1.807) is 27.0 Å². The molecule has 0 heterocycles. The van der Waals surface area contributed by atoms with Gasteiger partial charge in [0.25, 0.3) is 0 Å². The van der Waals surface area contributed by atoms with Crippen LogP contribution in [0.4, 0.5) is 0 Å². The van der Waals surface area contributed by atoms with Crippen molar-refractivity contribution >= 4 is 10.0 Å². The number of ether oxygens (including phenoxy) is 1. The van der Waals surface area contributed by atoms with Crippen LogP contribution in [-0.2, 0) is 10.0 Å². The number of nitrogens with one attached hydrogen (secondary N) is 1. The summed E-state index contributed by atoms with van der Waals surface area (Å²) >= 11 is 0. The lowest BCUT2D eigenvalue weighted by atomic mass is 10.1. The molecule has 1 atom stereocenters. The predicted molar refractivity (Wildman–Crippen MR) is 87.6 cm³/mol. The summed E-state index contributed by atoms with van der Waals surface area (Å²) in [5, 5.41) is 0. The lowest BCUT2D eigenvalue weighted by Crippen LogP contribution is -2.27. The minimum Gasteiger partial charge on any atom is -0.496 e. The summed E-state index contributed by atoms with van der Waals surface area (Å²) in [6, 6.07) is 12.4. The van der Waals surface area contributed by atoms with E-state index in [9.17, 15) is 8.42 Å². The minimum absolute atomic E-state index is 0.314. The molecule has 0 fully saturated rings. The monoisotopic (exact) mass is 319 g/mol. The van der Waals surface area contributed by atoms with Crippen LogP contribution in [0.2, 0.25) is 0 Å². The molecule has 0 amide bonds. The molecule has 2 aromatic carbocycles. The second-order valence-corrected chi connectivity index (χ2v) is 7.04. The highest BCUT2D eigenvalue weighted by Crippen LogP contribution is 2.26. The summed E-state index contributed by atoms with van der Waals surface area (Å²) in [6.45, 7) is 5.48. The highest BCUT2D eigenvalue weighted by atomic mass is 32.2. The molecule has 118 valence electrons. The van der Waals surface area contributed by atoms with Crippen LogP contribution in [-0.4, -0.2) is 15.5 Å². The highest BCUT2D eigenvalue weighted by molar-refractivity contribution is 7.89. The molecule has 0 radical (unpaired) electrons. The molecule has 0 saturated carbocycles. The Balaban J connectivity index is 2.34. The van der Waals surface area contributed by atoms with E-state index in [-0.39, 0.29) is 6.04 Å². The van der Waals surface area contributed by atoms with Gasteiger partial charge in [0.2, 0.25) is 10.0 Å². The van der Waals surface area contributed by atoms with Crippen molar-refractivity contribution in [1.82, 2.24) is 4.72 Å². The van der Waals surface area contributed by atoms with E-state index in [2.05, 4.69) is 4.72 Å². The number of para-hydroxylation sites is 1. The van der Waals surface area contributed by atoms with Crippen LogP contribution in [0, 0.1) is 13.8 Å². The van der Waals surface area contributed by atoms with Crippen molar-refractivity contribution in [3.63, 3.8) is 0 Å². The molecular formula is C17H21NO3S. The fourth-order valence-corrected chi connectivity index (χ4v) is 3.93. The molecule has 22 heavy (non-hydrogen) atoms. The third-order valence-electron chi connectivity index (χ3n) is 3.57. The molecular weight excluding hydrogens is 298 g/mol. The molecule has 0 bridgehead atoms. The molecule has 1 N–H and O–H groups in total. The first-order chi connectivity index (χ1) is 10.3. The summed E-state index contributed by atoms with van der Waals surface area (Å²) in [7, 11) is -2.02. The first-order valence-electron chi connectivity index (χ1n) is 7.07. The Hall–Kier alpha value is -1.85. The Labute approximate surface area is 132 Å². The minimum atomic E-state index is -3.59. The van der Waals surface area contributed by atoms with Crippen molar-refractivity contribution in [2.75, 3.05) is 7.11 Å². The molecule has 5 heteroatoms. The topological polar surface area (TPSA) is 55.4 Å². The van der Waals surface area contributed by atoms with Crippen molar-refractivity contribution in [3.8, 4) is 5.75 Å². The average Bonchev–Trinajstić information content (AvgIpc) is 2.49. The summed E-state index contributed by atoms with van der Waals surface area (Å²) in [5.74, 6) is 0.665. The molecule has 2 aromatic rings. The van der Waals surface area contributed by atoms with Crippen LogP contribution in [0.25, 0.3) is 0 Å². The van der Waals surface area contributed by atoms with E-state index in [4.69, 9.17) is 4.74 Å². The Morgan fingerprint density at radius 1 is 1.09 bits per heavy atom. The van der Waals surface area contributed by atoms with Crippen LogP contribution in [0.3, 0.4) is 0 Å². The van der Waals surface area contributed by atoms with Gasteiger partial charge in [-0.25, -0.2) is 13.1 Å². The van der Waals surface area contributed by atoms with Crippen molar-refractivity contribution in [1.29, 1.82) is 0 Å². The third kappa shape index (κ3) is 3.48. The van der Waals surface area contributed by atoms with Crippen LogP contribution in [0.1, 0.15) is 29.7 Å². The second kappa shape index (κ2) is 6.50. The largest absolute Gasteiger partial charge is 0.496 e. The van der Waals surface area contributed by atoms with Gasteiger partial charge in [0.05, 0.1) is 12.0 Å². The zero-order chi connectivity index (χ0) is 16.3. The van der Waals surface area contributed by atoms with Gasteiger partial charge in [-0.1, -0.05) is 30.3 Å². The molecule has 0 aliphatic rings. The standard InChI is InChI=1S/C17H21NO3S/c1-12-9-10-13(2)17(11-12)22(19,20)18-14(3)15-7-5-6-8-16(15)21-4/h5-11,14,18H,1-4H3. The lowest BCUT2D eigenvalue weighted by Gasteiger charge is -2.18. The normalized spacial score (nSPS) is 12.9. The van der Waals surface area contributed by atoms with Crippen LogP contribution < -0.4 is 9.46 Å². The molecule has 0 aromatic heterocycles. The van der Waals surface area contributed by atoms with Gasteiger partial charge in [-0.2, -0.15) is 0 Å². The van der Waals surface area contributed by atoms with Crippen LogP contribution >= 0.6 is 0 Å². The third-order valence-corrected chi connectivity index (χ3v) is 5.25. The van der Waals surface area contributed by atoms with E-state index in [1.807, 2.05) is 43.3 Å². The van der Waals surface area contributed by atoms with E-state index < -0.39 is 10.0 Å². The van der Waals surface area contributed by atoms with Crippen molar-refractivity contribution < 1.29 is 13.2 Å². The van der Waals surface area contributed by atoms with Gasteiger partial charge in [-0.15, -0.1) is 0 Å². The maximum absolute atomic E-state index is 12.6. The maximum atomic E-state index is 12.6. The molecule has 0 spiro atoms. The number of methoxy groups -OCH3 is 1. The van der Waals surface area contributed by atoms with Gasteiger partial charge in [0, 0.05) is 11.6 Å².